The smallest absolute Gasteiger partial charge is 0.260 e. The topological polar surface area (TPSA) is 64.3 Å². The number of ether oxygens (including phenoxy) is 1. The Morgan fingerprint density at radius 3 is 2.56 bits per heavy atom. The second-order valence-electron chi connectivity index (χ2n) is 4.26. The van der Waals surface area contributed by atoms with E-state index in [0.717, 1.165) is 25.8 Å². The maximum Gasteiger partial charge on any atom is 0.260 e. The maximum absolute atomic E-state index is 11.3. The van der Waals surface area contributed by atoms with Crippen molar-refractivity contribution >= 4 is 5.91 Å². The largest absolute Gasteiger partial charge is 0.481 e. The molecule has 100 valence electrons. The molecule has 1 unspecified atom stereocenters. The standard InChI is InChI=1S/C14H22N2O2/c1-11(14(17)16-2)18-13-8-6-12(7-9-13)5-3-4-10-15/h6-9,11H,3-5,10,15H2,1-2H3,(H,16,17). The average molecular weight is 250 g/mol. The Balaban J connectivity index is 2.47. The maximum atomic E-state index is 11.3. The first-order valence-corrected chi connectivity index (χ1v) is 6.34. The van der Waals surface area contributed by atoms with Crippen LogP contribution in [-0.4, -0.2) is 25.6 Å². The number of aryl methyl sites for hydroxylation is 1. The fourth-order valence-corrected chi connectivity index (χ4v) is 1.67. The van der Waals surface area contributed by atoms with E-state index < -0.39 is 6.10 Å². The number of nitrogens with two attached hydrogens (primary N) is 1. The molecule has 0 radical (unpaired) electrons. The molecule has 0 saturated heterocycles. The van der Waals surface area contributed by atoms with Crippen molar-refractivity contribution in [2.45, 2.75) is 32.3 Å². The normalized spacial score (nSPS) is 11.9. The number of nitrogens with one attached hydrogen (secondary N) is 1. The molecule has 0 spiro atoms. The number of hydrogen-bond acceptors (Lipinski definition) is 3. The lowest BCUT2D eigenvalue weighted by molar-refractivity contribution is -0.126. The van der Waals surface area contributed by atoms with Crippen LogP contribution in [0.25, 0.3) is 0 Å². The lowest BCUT2D eigenvalue weighted by Gasteiger charge is -2.13. The van der Waals surface area contributed by atoms with E-state index in [9.17, 15) is 4.79 Å². The molecule has 1 aromatic carbocycles. The quantitative estimate of drug-likeness (QED) is 0.720. The van der Waals surface area contributed by atoms with Crippen LogP contribution >= 0.6 is 0 Å². The van der Waals surface area contributed by atoms with Crippen molar-refractivity contribution in [1.29, 1.82) is 0 Å². The molecule has 0 fully saturated rings. The number of unbranched alkanes of at least 4 members (excludes halogenated alkanes) is 1. The van der Waals surface area contributed by atoms with Gasteiger partial charge in [0.1, 0.15) is 5.75 Å². The number of rotatable bonds is 7. The molecule has 0 aromatic heterocycles. The second-order valence-corrected chi connectivity index (χ2v) is 4.26. The van der Waals surface area contributed by atoms with Crippen LogP contribution in [0.15, 0.2) is 24.3 Å². The van der Waals surface area contributed by atoms with Crippen molar-refractivity contribution < 1.29 is 9.53 Å². The monoisotopic (exact) mass is 250 g/mol. The van der Waals surface area contributed by atoms with E-state index in [1.807, 2.05) is 24.3 Å². The number of carbonyl (C=O) groups excluding carboxylic acids is 1. The summed E-state index contributed by atoms with van der Waals surface area (Å²) in [6.07, 6.45) is 2.71. The summed E-state index contributed by atoms with van der Waals surface area (Å²) < 4.78 is 5.52. The van der Waals surface area contributed by atoms with Crippen LogP contribution < -0.4 is 15.8 Å². The number of amides is 1. The molecule has 0 aliphatic rings. The van der Waals surface area contributed by atoms with Crippen LogP contribution in [0.5, 0.6) is 5.75 Å². The van der Waals surface area contributed by atoms with Gasteiger partial charge in [0.15, 0.2) is 6.10 Å². The van der Waals surface area contributed by atoms with Crippen LogP contribution in [-0.2, 0) is 11.2 Å². The van der Waals surface area contributed by atoms with Gasteiger partial charge in [-0.25, -0.2) is 0 Å². The third-order valence-corrected chi connectivity index (χ3v) is 2.77. The van der Waals surface area contributed by atoms with Gasteiger partial charge in [0.25, 0.3) is 5.91 Å². The minimum Gasteiger partial charge on any atom is -0.481 e. The summed E-state index contributed by atoms with van der Waals surface area (Å²) in [6, 6.07) is 7.86. The molecule has 0 heterocycles. The van der Waals surface area contributed by atoms with Crippen LogP contribution in [0.2, 0.25) is 0 Å². The predicted molar refractivity (Wildman–Crippen MR) is 72.6 cm³/mol. The van der Waals surface area contributed by atoms with Gasteiger partial charge in [-0.2, -0.15) is 0 Å². The summed E-state index contributed by atoms with van der Waals surface area (Å²) in [7, 11) is 1.60. The number of benzene rings is 1. The molecular formula is C14H22N2O2. The van der Waals surface area contributed by atoms with Crippen LogP contribution in [0, 0.1) is 0 Å². The second kappa shape index (κ2) is 7.71. The molecule has 1 aromatic rings. The molecule has 4 heteroatoms. The third-order valence-electron chi connectivity index (χ3n) is 2.77. The van der Waals surface area contributed by atoms with Crippen LogP contribution in [0.3, 0.4) is 0 Å². The minimum absolute atomic E-state index is 0.123. The van der Waals surface area contributed by atoms with E-state index in [1.165, 1.54) is 5.56 Å². The molecule has 18 heavy (non-hydrogen) atoms. The lowest BCUT2D eigenvalue weighted by Crippen LogP contribution is -2.33. The first kappa shape index (κ1) is 14.5. The van der Waals surface area contributed by atoms with Gasteiger partial charge in [0.2, 0.25) is 0 Å². The summed E-state index contributed by atoms with van der Waals surface area (Å²) in [5.74, 6) is 0.593. The van der Waals surface area contributed by atoms with Crippen LogP contribution in [0.1, 0.15) is 25.3 Å². The van der Waals surface area contributed by atoms with Gasteiger partial charge in [0.05, 0.1) is 0 Å². The van der Waals surface area contributed by atoms with Gasteiger partial charge in [-0.1, -0.05) is 12.1 Å². The van der Waals surface area contributed by atoms with Gasteiger partial charge < -0.3 is 15.8 Å². The van der Waals surface area contributed by atoms with E-state index in [1.54, 1.807) is 14.0 Å². The predicted octanol–water partition coefficient (Wildman–Crippen LogP) is 1.48. The number of hydrogen-bond donors (Lipinski definition) is 2. The molecule has 0 aliphatic carbocycles. The molecule has 3 N–H and O–H groups in total. The first-order chi connectivity index (χ1) is 8.67. The molecule has 0 aliphatic heterocycles. The highest BCUT2D eigenvalue weighted by atomic mass is 16.5. The van der Waals surface area contributed by atoms with Gasteiger partial charge in [-0.3, -0.25) is 4.79 Å². The molecule has 1 atom stereocenters. The highest BCUT2D eigenvalue weighted by Crippen LogP contribution is 2.15. The Morgan fingerprint density at radius 1 is 1.33 bits per heavy atom. The first-order valence-electron chi connectivity index (χ1n) is 6.34. The number of carbonyl (C=O) groups is 1. The Morgan fingerprint density at radius 2 is 2.00 bits per heavy atom. The van der Waals surface area contributed by atoms with Gasteiger partial charge in [0, 0.05) is 7.05 Å². The summed E-state index contributed by atoms with van der Waals surface area (Å²) in [5.41, 5.74) is 6.72. The summed E-state index contributed by atoms with van der Waals surface area (Å²) in [4.78, 5) is 11.3. The average Bonchev–Trinajstić information content (AvgIpc) is 2.40. The Bertz CT molecular complexity index is 363. The number of likely N-dealkylation sites (N-methyl/N-ethyl adjacent to an activating group) is 1. The molecular weight excluding hydrogens is 228 g/mol. The van der Waals surface area contributed by atoms with E-state index >= 15 is 0 Å². The van der Waals surface area contributed by atoms with Crippen molar-refractivity contribution in [3.63, 3.8) is 0 Å². The van der Waals surface area contributed by atoms with E-state index in [-0.39, 0.29) is 5.91 Å². The zero-order valence-electron chi connectivity index (χ0n) is 11.1. The van der Waals surface area contributed by atoms with Crippen molar-refractivity contribution in [2.24, 2.45) is 5.73 Å². The van der Waals surface area contributed by atoms with Gasteiger partial charge >= 0.3 is 0 Å². The van der Waals surface area contributed by atoms with Crippen molar-refractivity contribution in [1.82, 2.24) is 5.32 Å². The van der Waals surface area contributed by atoms with E-state index in [0.29, 0.717) is 5.75 Å². The summed E-state index contributed by atoms with van der Waals surface area (Å²) in [6.45, 7) is 2.47. The molecule has 1 amide bonds. The van der Waals surface area contributed by atoms with Gasteiger partial charge in [-0.05, 0) is 50.4 Å². The summed E-state index contributed by atoms with van der Waals surface area (Å²) in [5, 5.41) is 2.55. The SMILES string of the molecule is CNC(=O)C(C)Oc1ccc(CCCCN)cc1. The molecule has 4 nitrogen and oxygen atoms in total. The zero-order chi connectivity index (χ0) is 13.4. The minimum atomic E-state index is -0.474. The van der Waals surface area contributed by atoms with Crippen molar-refractivity contribution in [2.75, 3.05) is 13.6 Å². The van der Waals surface area contributed by atoms with Crippen molar-refractivity contribution in [3.8, 4) is 5.75 Å². The molecule has 0 saturated carbocycles. The van der Waals surface area contributed by atoms with E-state index in [2.05, 4.69) is 5.32 Å². The third kappa shape index (κ3) is 4.75. The van der Waals surface area contributed by atoms with Crippen molar-refractivity contribution in [3.05, 3.63) is 29.8 Å². The summed E-state index contributed by atoms with van der Waals surface area (Å²) >= 11 is 0. The zero-order valence-corrected chi connectivity index (χ0v) is 11.1. The fourth-order valence-electron chi connectivity index (χ4n) is 1.67. The highest BCUT2D eigenvalue weighted by molar-refractivity contribution is 5.80. The van der Waals surface area contributed by atoms with E-state index in [4.69, 9.17) is 10.5 Å². The Hall–Kier alpha value is -1.55. The lowest BCUT2D eigenvalue weighted by atomic mass is 10.1. The Kier molecular flexibility index (Phi) is 6.22. The highest BCUT2D eigenvalue weighted by Gasteiger charge is 2.11. The molecule has 1 rings (SSSR count). The van der Waals surface area contributed by atoms with Crippen LogP contribution in [0.4, 0.5) is 0 Å². The Labute approximate surface area is 109 Å². The van der Waals surface area contributed by atoms with Gasteiger partial charge in [-0.15, -0.1) is 0 Å². The molecule has 0 bridgehead atoms. The fraction of sp³-hybridized carbons (Fsp3) is 0.500.